The highest BCUT2D eigenvalue weighted by molar-refractivity contribution is 7.85. The Bertz CT molecular complexity index is 769. The maximum Gasteiger partial charge on any atom is 0.333 e. The van der Waals surface area contributed by atoms with Crippen LogP contribution in [-0.2, 0) is 38.7 Å². The van der Waals surface area contributed by atoms with E-state index in [0.29, 0.717) is 12.8 Å². The van der Waals surface area contributed by atoms with Crippen molar-refractivity contribution in [1.29, 1.82) is 0 Å². The maximum atomic E-state index is 12.9. The minimum absolute atomic E-state index is 0.190. The first-order chi connectivity index (χ1) is 15.8. The molecule has 0 heterocycles. The SMILES string of the molecule is C=C(C)C(=O)OCC(CC)(COC(=O)C(=C)C)C(=O)OCCCCCCCCCCS(=O)(=O)O. The van der Waals surface area contributed by atoms with Crippen molar-refractivity contribution in [2.45, 2.75) is 78.6 Å². The molecule has 10 heteroatoms. The molecule has 0 aromatic rings. The van der Waals surface area contributed by atoms with Gasteiger partial charge in [0, 0.05) is 11.1 Å². The van der Waals surface area contributed by atoms with Crippen LogP contribution in [0.25, 0.3) is 0 Å². The van der Waals surface area contributed by atoms with Crippen molar-refractivity contribution in [3.05, 3.63) is 24.3 Å². The number of hydrogen-bond acceptors (Lipinski definition) is 8. The fraction of sp³-hybridized carbons (Fsp3) is 0.708. The van der Waals surface area contributed by atoms with E-state index < -0.39 is 33.4 Å². The molecule has 0 saturated heterocycles. The second kappa shape index (κ2) is 16.4. The van der Waals surface area contributed by atoms with E-state index in [4.69, 9.17) is 18.8 Å². The Balaban J connectivity index is 4.49. The lowest BCUT2D eigenvalue weighted by Crippen LogP contribution is -2.42. The first-order valence-corrected chi connectivity index (χ1v) is 13.2. The van der Waals surface area contributed by atoms with Crippen LogP contribution in [0.1, 0.15) is 78.6 Å². The molecule has 0 aromatic carbocycles. The fourth-order valence-corrected chi connectivity index (χ4v) is 3.50. The molecule has 0 aromatic heterocycles. The summed E-state index contributed by atoms with van der Waals surface area (Å²) in [6, 6.07) is 0. The fourth-order valence-electron chi connectivity index (χ4n) is 2.93. The predicted octanol–water partition coefficient (Wildman–Crippen LogP) is 4.17. The summed E-state index contributed by atoms with van der Waals surface area (Å²) in [5.41, 5.74) is -0.940. The average Bonchev–Trinajstić information content (AvgIpc) is 2.76. The Kier molecular flexibility index (Phi) is 15.4. The van der Waals surface area contributed by atoms with E-state index in [1.807, 2.05) is 0 Å². The Labute approximate surface area is 203 Å². The van der Waals surface area contributed by atoms with Crippen LogP contribution in [-0.4, -0.2) is 56.5 Å². The van der Waals surface area contributed by atoms with Gasteiger partial charge in [0.25, 0.3) is 10.1 Å². The van der Waals surface area contributed by atoms with E-state index in [-0.39, 0.29) is 43.1 Å². The van der Waals surface area contributed by atoms with Crippen LogP contribution in [0.3, 0.4) is 0 Å². The summed E-state index contributed by atoms with van der Waals surface area (Å²) in [6.45, 7) is 11.3. The standard InChI is InChI=1S/C24H40O9S/c1-6-24(17-32-21(25)19(2)3,18-33-22(26)20(4)5)23(27)31-15-13-11-9-7-8-10-12-14-16-34(28,29)30/h2,4,6-18H2,1,3,5H3,(H,28,29,30). The summed E-state index contributed by atoms with van der Waals surface area (Å²) >= 11 is 0. The molecular formula is C24H40O9S. The third-order valence-electron chi connectivity index (χ3n) is 5.30. The number of ether oxygens (including phenoxy) is 3. The van der Waals surface area contributed by atoms with Gasteiger partial charge in [-0.15, -0.1) is 0 Å². The second-order valence-corrected chi connectivity index (χ2v) is 10.2. The number of rotatable bonds is 19. The molecule has 1 N–H and O–H groups in total. The molecule has 196 valence electrons. The van der Waals surface area contributed by atoms with Gasteiger partial charge in [-0.05, 0) is 33.1 Å². The summed E-state index contributed by atoms with van der Waals surface area (Å²) in [4.78, 5) is 36.5. The third kappa shape index (κ3) is 14.1. The van der Waals surface area contributed by atoms with Crippen LogP contribution in [0.2, 0.25) is 0 Å². The summed E-state index contributed by atoms with van der Waals surface area (Å²) in [5, 5.41) is 0. The minimum Gasteiger partial charge on any atom is -0.465 e. The minimum atomic E-state index is -3.87. The van der Waals surface area contributed by atoms with Gasteiger partial charge < -0.3 is 14.2 Å². The van der Waals surface area contributed by atoms with Crippen molar-refractivity contribution in [2.24, 2.45) is 5.41 Å². The molecule has 0 radical (unpaired) electrons. The van der Waals surface area contributed by atoms with Gasteiger partial charge >= 0.3 is 17.9 Å². The molecule has 0 unspecified atom stereocenters. The molecule has 0 spiro atoms. The van der Waals surface area contributed by atoms with Crippen molar-refractivity contribution in [1.82, 2.24) is 0 Å². The lowest BCUT2D eigenvalue weighted by Gasteiger charge is -2.29. The van der Waals surface area contributed by atoms with E-state index in [1.54, 1.807) is 6.92 Å². The number of carbonyl (C=O) groups excluding carboxylic acids is 3. The largest absolute Gasteiger partial charge is 0.465 e. The smallest absolute Gasteiger partial charge is 0.333 e. The number of unbranched alkanes of at least 4 members (excludes halogenated alkanes) is 7. The van der Waals surface area contributed by atoms with Crippen molar-refractivity contribution < 1.29 is 41.6 Å². The molecule has 0 atom stereocenters. The molecule has 0 aliphatic carbocycles. The molecule has 0 fully saturated rings. The molecule has 0 bridgehead atoms. The Morgan fingerprint density at radius 2 is 1.18 bits per heavy atom. The quantitative estimate of drug-likeness (QED) is 0.0904. The summed E-state index contributed by atoms with van der Waals surface area (Å²) < 4.78 is 45.8. The van der Waals surface area contributed by atoms with Crippen molar-refractivity contribution in [3.8, 4) is 0 Å². The van der Waals surface area contributed by atoms with E-state index in [9.17, 15) is 22.8 Å². The van der Waals surface area contributed by atoms with Gasteiger partial charge in [-0.1, -0.05) is 58.6 Å². The van der Waals surface area contributed by atoms with Gasteiger partial charge in [-0.2, -0.15) is 8.42 Å². The van der Waals surface area contributed by atoms with Gasteiger partial charge in [0.05, 0.1) is 12.4 Å². The molecule has 0 saturated carbocycles. The summed E-state index contributed by atoms with van der Waals surface area (Å²) in [5.74, 6) is -2.08. The molecule has 0 rings (SSSR count). The number of hydrogen-bond donors (Lipinski definition) is 1. The Morgan fingerprint density at radius 3 is 1.56 bits per heavy atom. The third-order valence-corrected chi connectivity index (χ3v) is 6.10. The predicted molar refractivity (Wildman–Crippen MR) is 129 cm³/mol. The molecule has 34 heavy (non-hydrogen) atoms. The summed E-state index contributed by atoms with van der Waals surface area (Å²) in [7, 11) is -3.87. The number of carbonyl (C=O) groups is 3. The van der Waals surface area contributed by atoms with Crippen molar-refractivity contribution in [3.63, 3.8) is 0 Å². The van der Waals surface area contributed by atoms with Gasteiger partial charge in [-0.25, -0.2) is 9.59 Å². The van der Waals surface area contributed by atoms with Crippen LogP contribution < -0.4 is 0 Å². The van der Waals surface area contributed by atoms with Gasteiger partial charge in [-0.3, -0.25) is 9.35 Å². The zero-order valence-electron chi connectivity index (χ0n) is 20.7. The molecule has 0 aliphatic rings. The molecule has 9 nitrogen and oxygen atoms in total. The van der Waals surface area contributed by atoms with Gasteiger partial charge in [0.15, 0.2) is 0 Å². The zero-order chi connectivity index (χ0) is 26.2. The van der Waals surface area contributed by atoms with Crippen LogP contribution in [0.4, 0.5) is 0 Å². The maximum absolute atomic E-state index is 12.9. The van der Waals surface area contributed by atoms with E-state index in [1.165, 1.54) is 13.8 Å². The van der Waals surface area contributed by atoms with Crippen molar-refractivity contribution in [2.75, 3.05) is 25.6 Å². The lowest BCUT2D eigenvalue weighted by molar-refractivity contribution is -0.170. The average molecular weight is 505 g/mol. The van der Waals surface area contributed by atoms with E-state index in [0.717, 1.165) is 38.5 Å². The summed E-state index contributed by atoms with van der Waals surface area (Å²) in [6.07, 6.45) is 6.74. The molecule has 0 aliphatic heterocycles. The highest BCUT2D eigenvalue weighted by atomic mass is 32.2. The topological polar surface area (TPSA) is 133 Å². The van der Waals surface area contributed by atoms with Gasteiger partial charge in [0.1, 0.15) is 18.6 Å². The van der Waals surface area contributed by atoms with E-state index in [2.05, 4.69) is 13.2 Å². The normalized spacial score (nSPS) is 11.5. The first kappa shape index (κ1) is 31.8. The van der Waals surface area contributed by atoms with Crippen LogP contribution in [0.15, 0.2) is 24.3 Å². The highest BCUT2D eigenvalue weighted by Gasteiger charge is 2.42. The Morgan fingerprint density at radius 1 is 0.765 bits per heavy atom. The monoisotopic (exact) mass is 504 g/mol. The van der Waals surface area contributed by atoms with Gasteiger partial charge in [0.2, 0.25) is 0 Å². The van der Waals surface area contributed by atoms with Crippen LogP contribution in [0, 0.1) is 5.41 Å². The second-order valence-electron chi connectivity index (χ2n) is 8.60. The highest BCUT2D eigenvalue weighted by Crippen LogP contribution is 2.26. The Hall–Kier alpha value is -2.20. The van der Waals surface area contributed by atoms with E-state index >= 15 is 0 Å². The first-order valence-electron chi connectivity index (χ1n) is 11.6. The lowest BCUT2D eigenvalue weighted by atomic mass is 9.87. The molecular weight excluding hydrogens is 464 g/mol. The zero-order valence-corrected chi connectivity index (χ0v) is 21.5. The number of esters is 3. The van der Waals surface area contributed by atoms with Crippen LogP contribution in [0.5, 0.6) is 0 Å². The van der Waals surface area contributed by atoms with Crippen molar-refractivity contribution >= 4 is 28.0 Å². The van der Waals surface area contributed by atoms with Crippen LogP contribution >= 0.6 is 0 Å². The molecule has 0 amide bonds.